The van der Waals surface area contributed by atoms with Crippen molar-refractivity contribution in [2.24, 2.45) is 7.05 Å². The highest BCUT2D eigenvalue weighted by Gasteiger charge is 2.28. The number of amides is 1. The van der Waals surface area contributed by atoms with Crippen LogP contribution in [0.5, 0.6) is 0 Å². The molecule has 4 rings (SSSR count). The second kappa shape index (κ2) is 9.49. The molecule has 0 saturated carbocycles. The smallest absolute Gasteiger partial charge is 0.238 e. The third kappa shape index (κ3) is 5.22. The maximum absolute atomic E-state index is 12.7. The summed E-state index contributed by atoms with van der Waals surface area (Å²) in [6.45, 7) is 7.33. The van der Waals surface area contributed by atoms with Crippen LogP contribution in [-0.4, -0.2) is 77.7 Å². The summed E-state index contributed by atoms with van der Waals surface area (Å²) in [5.74, 6) is 0.990. The Bertz CT molecular complexity index is 800. The lowest BCUT2D eigenvalue weighted by Crippen LogP contribution is -2.49. The number of hydrogen-bond donors (Lipinski definition) is 2. The molecule has 1 aromatic heterocycles. The first-order chi connectivity index (χ1) is 14.2. The fourth-order valence-electron chi connectivity index (χ4n) is 3.98. The van der Waals surface area contributed by atoms with E-state index in [9.17, 15) is 4.79 Å². The van der Waals surface area contributed by atoms with Crippen LogP contribution < -0.4 is 10.6 Å². The Morgan fingerprint density at radius 1 is 1.24 bits per heavy atom. The number of benzene rings is 1. The molecule has 2 saturated heterocycles. The molecule has 0 bridgehead atoms. The Balaban J connectivity index is 1.32. The molecule has 2 fully saturated rings. The van der Waals surface area contributed by atoms with Gasteiger partial charge in [0.1, 0.15) is 5.82 Å². The largest absolute Gasteiger partial charge is 0.379 e. The van der Waals surface area contributed by atoms with Crippen molar-refractivity contribution in [3.63, 3.8) is 0 Å². The minimum atomic E-state index is 0.00652. The molecule has 0 spiro atoms. The standard InChI is InChI=1S/C21H30N6O2/c1-25-8-7-23-21(25)19-14-22-6-9-27(19)16-20(28)24-18-4-2-17(3-5-18)15-26-10-12-29-13-11-26/h2-5,7-8,19,22H,6,9-16H2,1H3,(H,24,28). The van der Waals surface area contributed by atoms with Crippen LogP contribution in [-0.2, 0) is 23.1 Å². The summed E-state index contributed by atoms with van der Waals surface area (Å²) in [7, 11) is 1.99. The summed E-state index contributed by atoms with van der Waals surface area (Å²) >= 11 is 0. The number of rotatable bonds is 6. The first-order valence-electron chi connectivity index (χ1n) is 10.3. The number of hydrogen-bond acceptors (Lipinski definition) is 6. The maximum atomic E-state index is 12.7. The Labute approximate surface area is 171 Å². The van der Waals surface area contributed by atoms with Gasteiger partial charge in [-0.3, -0.25) is 14.6 Å². The fraction of sp³-hybridized carbons (Fsp3) is 0.524. The molecule has 1 amide bonds. The van der Waals surface area contributed by atoms with Gasteiger partial charge in [-0.25, -0.2) is 4.98 Å². The Morgan fingerprint density at radius 2 is 2.03 bits per heavy atom. The van der Waals surface area contributed by atoms with Gasteiger partial charge in [0.25, 0.3) is 0 Å². The molecule has 156 valence electrons. The lowest BCUT2D eigenvalue weighted by atomic mass is 10.1. The predicted octanol–water partition coefficient (Wildman–Crippen LogP) is 0.837. The summed E-state index contributed by atoms with van der Waals surface area (Å²) in [6.07, 6.45) is 3.75. The lowest BCUT2D eigenvalue weighted by Gasteiger charge is -2.35. The molecule has 8 nitrogen and oxygen atoms in total. The summed E-state index contributed by atoms with van der Waals surface area (Å²) in [5.41, 5.74) is 2.09. The second-order valence-electron chi connectivity index (χ2n) is 7.72. The zero-order chi connectivity index (χ0) is 20.1. The number of ether oxygens (including phenoxy) is 1. The topological polar surface area (TPSA) is 74.7 Å². The van der Waals surface area contributed by atoms with Crippen molar-refractivity contribution < 1.29 is 9.53 Å². The van der Waals surface area contributed by atoms with Crippen molar-refractivity contribution >= 4 is 11.6 Å². The molecule has 1 unspecified atom stereocenters. The van der Waals surface area contributed by atoms with Crippen LogP contribution in [0.1, 0.15) is 17.4 Å². The highest BCUT2D eigenvalue weighted by Crippen LogP contribution is 2.20. The summed E-state index contributed by atoms with van der Waals surface area (Å²) < 4.78 is 7.42. The number of nitrogens with one attached hydrogen (secondary N) is 2. The van der Waals surface area contributed by atoms with Crippen LogP contribution in [0.3, 0.4) is 0 Å². The van der Waals surface area contributed by atoms with Gasteiger partial charge in [0.2, 0.25) is 5.91 Å². The summed E-state index contributed by atoms with van der Waals surface area (Å²) in [5, 5.41) is 6.44. The van der Waals surface area contributed by atoms with Crippen molar-refractivity contribution in [1.82, 2.24) is 24.7 Å². The van der Waals surface area contributed by atoms with E-state index in [1.807, 2.05) is 29.9 Å². The van der Waals surface area contributed by atoms with Gasteiger partial charge >= 0.3 is 0 Å². The minimum Gasteiger partial charge on any atom is -0.379 e. The number of imidazole rings is 1. The van der Waals surface area contributed by atoms with E-state index >= 15 is 0 Å². The van der Waals surface area contributed by atoms with Crippen molar-refractivity contribution in [3.8, 4) is 0 Å². The predicted molar refractivity (Wildman–Crippen MR) is 112 cm³/mol. The van der Waals surface area contributed by atoms with Crippen molar-refractivity contribution in [2.45, 2.75) is 12.6 Å². The number of aromatic nitrogens is 2. The number of carbonyl (C=O) groups is 1. The minimum absolute atomic E-state index is 0.00652. The molecular formula is C21H30N6O2. The van der Waals surface area contributed by atoms with E-state index in [-0.39, 0.29) is 11.9 Å². The third-order valence-corrected chi connectivity index (χ3v) is 5.61. The fourth-order valence-corrected chi connectivity index (χ4v) is 3.98. The van der Waals surface area contributed by atoms with E-state index in [1.54, 1.807) is 6.20 Å². The van der Waals surface area contributed by atoms with Gasteiger partial charge in [0.05, 0.1) is 25.8 Å². The van der Waals surface area contributed by atoms with Gasteiger partial charge in [0, 0.05) is 64.4 Å². The van der Waals surface area contributed by atoms with Gasteiger partial charge in [-0.2, -0.15) is 0 Å². The zero-order valence-corrected chi connectivity index (χ0v) is 17.0. The Kier molecular flexibility index (Phi) is 6.56. The molecule has 0 aliphatic carbocycles. The molecule has 2 aliphatic rings. The molecule has 2 N–H and O–H groups in total. The molecule has 1 aromatic carbocycles. The average Bonchev–Trinajstić information content (AvgIpc) is 3.16. The van der Waals surface area contributed by atoms with Gasteiger partial charge < -0.3 is 19.9 Å². The van der Waals surface area contributed by atoms with Crippen molar-refractivity contribution in [3.05, 3.63) is 48.0 Å². The van der Waals surface area contributed by atoms with Gasteiger partial charge in [0.15, 0.2) is 0 Å². The summed E-state index contributed by atoms with van der Waals surface area (Å²) in [4.78, 5) is 21.7. The molecule has 1 atom stereocenters. The number of aryl methyl sites for hydroxylation is 1. The van der Waals surface area contributed by atoms with E-state index in [0.29, 0.717) is 6.54 Å². The zero-order valence-electron chi connectivity index (χ0n) is 17.0. The van der Waals surface area contributed by atoms with Gasteiger partial charge in [-0.15, -0.1) is 0 Å². The number of nitrogens with zero attached hydrogens (tertiary/aromatic N) is 4. The van der Waals surface area contributed by atoms with Crippen LogP contribution in [0.2, 0.25) is 0 Å². The quantitative estimate of drug-likeness (QED) is 0.751. The van der Waals surface area contributed by atoms with Crippen LogP contribution >= 0.6 is 0 Å². The number of morpholine rings is 1. The highest BCUT2D eigenvalue weighted by molar-refractivity contribution is 5.92. The first kappa shape index (κ1) is 20.0. The molecule has 3 heterocycles. The molecule has 2 aromatic rings. The Hall–Kier alpha value is -2.26. The van der Waals surface area contributed by atoms with E-state index < -0.39 is 0 Å². The number of carbonyl (C=O) groups excluding carboxylic acids is 1. The molecule has 29 heavy (non-hydrogen) atoms. The Morgan fingerprint density at radius 3 is 2.76 bits per heavy atom. The monoisotopic (exact) mass is 398 g/mol. The van der Waals surface area contributed by atoms with Crippen molar-refractivity contribution in [1.29, 1.82) is 0 Å². The highest BCUT2D eigenvalue weighted by atomic mass is 16.5. The van der Waals surface area contributed by atoms with Crippen molar-refractivity contribution in [2.75, 3.05) is 57.8 Å². The lowest BCUT2D eigenvalue weighted by molar-refractivity contribution is -0.118. The van der Waals surface area contributed by atoms with Crippen LogP contribution in [0.15, 0.2) is 36.7 Å². The maximum Gasteiger partial charge on any atom is 0.238 e. The molecular weight excluding hydrogens is 368 g/mol. The average molecular weight is 399 g/mol. The van der Waals surface area contributed by atoms with Crippen LogP contribution in [0.25, 0.3) is 0 Å². The number of anilines is 1. The summed E-state index contributed by atoms with van der Waals surface area (Å²) in [6, 6.07) is 8.26. The van der Waals surface area contributed by atoms with Crippen LogP contribution in [0, 0.1) is 0 Å². The van der Waals surface area contributed by atoms with E-state index in [4.69, 9.17) is 4.74 Å². The SMILES string of the molecule is Cn1ccnc1C1CNCCN1CC(=O)Nc1ccc(CN2CCOCC2)cc1. The van der Waals surface area contributed by atoms with E-state index in [1.165, 1.54) is 5.56 Å². The molecule has 8 heteroatoms. The molecule has 2 aliphatic heterocycles. The first-order valence-corrected chi connectivity index (χ1v) is 10.3. The van der Waals surface area contributed by atoms with Gasteiger partial charge in [-0.1, -0.05) is 12.1 Å². The molecule has 0 radical (unpaired) electrons. The van der Waals surface area contributed by atoms with Crippen LogP contribution in [0.4, 0.5) is 5.69 Å². The number of piperazine rings is 1. The normalized spacial score (nSPS) is 21.2. The second-order valence-corrected chi connectivity index (χ2v) is 7.72. The van der Waals surface area contributed by atoms with E-state index in [0.717, 1.165) is 64.0 Å². The van der Waals surface area contributed by atoms with Gasteiger partial charge in [-0.05, 0) is 17.7 Å². The third-order valence-electron chi connectivity index (χ3n) is 5.61. The van der Waals surface area contributed by atoms with E-state index in [2.05, 4.69) is 37.6 Å².